The highest BCUT2D eigenvalue weighted by Gasteiger charge is 2.32. The molecule has 1 aromatic carbocycles. The van der Waals surface area contributed by atoms with E-state index in [4.69, 9.17) is 4.74 Å². The van der Waals surface area contributed by atoms with Crippen LogP contribution in [-0.4, -0.2) is 61.8 Å². The van der Waals surface area contributed by atoms with E-state index in [-0.39, 0.29) is 5.91 Å². The van der Waals surface area contributed by atoms with E-state index in [0.29, 0.717) is 30.0 Å². The number of carbonyl (C=O) groups is 2. The summed E-state index contributed by atoms with van der Waals surface area (Å²) in [5.41, 5.74) is 0.881. The maximum Gasteiger partial charge on any atom is 0.326 e. The molecule has 0 aliphatic carbocycles. The van der Waals surface area contributed by atoms with E-state index in [1.165, 1.54) is 23.0 Å². The van der Waals surface area contributed by atoms with Crippen LogP contribution >= 0.6 is 0 Å². The Labute approximate surface area is 137 Å². The normalized spacial score (nSPS) is 17.5. The lowest BCUT2D eigenvalue weighted by molar-refractivity contribution is -0.143. The number of aliphatic carboxylic acids is 1. The molecule has 1 aliphatic rings. The van der Waals surface area contributed by atoms with Gasteiger partial charge in [-0.1, -0.05) is 0 Å². The molecule has 1 unspecified atom stereocenters. The highest BCUT2D eigenvalue weighted by molar-refractivity contribution is 5.97. The van der Waals surface area contributed by atoms with E-state index in [1.54, 1.807) is 18.2 Å². The van der Waals surface area contributed by atoms with Gasteiger partial charge in [-0.05, 0) is 47.9 Å². The van der Waals surface area contributed by atoms with E-state index >= 15 is 0 Å². The number of carbonyl (C=O) groups excluding carboxylic acids is 1. The molecule has 126 valence electrons. The predicted molar refractivity (Wildman–Crippen MR) is 82.0 cm³/mol. The van der Waals surface area contributed by atoms with Gasteiger partial charge < -0.3 is 14.7 Å². The van der Waals surface area contributed by atoms with Crippen LogP contribution in [0.2, 0.25) is 0 Å². The van der Waals surface area contributed by atoms with Crippen molar-refractivity contribution in [1.29, 1.82) is 0 Å². The number of likely N-dealkylation sites (tertiary alicyclic amines) is 1. The number of tetrazole rings is 1. The van der Waals surface area contributed by atoms with Crippen molar-refractivity contribution in [3.8, 4) is 11.4 Å². The quantitative estimate of drug-likeness (QED) is 0.880. The third kappa shape index (κ3) is 2.92. The van der Waals surface area contributed by atoms with E-state index in [0.717, 1.165) is 12.8 Å². The Balaban J connectivity index is 1.95. The van der Waals surface area contributed by atoms with Crippen molar-refractivity contribution in [1.82, 2.24) is 25.1 Å². The number of hydrogen-bond acceptors (Lipinski definition) is 6. The second-order valence-electron chi connectivity index (χ2n) is 5.49. The lowest BCUT2D eigenvalue weighted by atomic mass is 10.0. The first-order valence-corrected chi connectivity index (χ1v) is 7.57. The average molecular weight is 331 g/mol. The number of hydrogen-bond donors (Lipinski definition) is 1. The average Bonchev–Trinajstić information content (AvgIpc) is 3.15. The number of ether oxygens (including phenoxy) is 1. The molecule has 1 aliphatic heterocycles. The van der Waals surface area contributed by atoms with Crippen LogP contribution in [-0.2, 0) is 4.79 Å². The molecule has 2 aromatic rings. The van der Waals surface area contributed by atoms with Gasteiger partial charge in [0, 0.05) is 12.1 Å². The van der Waals surface area contributed by atoms with Crippen LogP contribution in [0.1, 0.15) is 29.6 Å². The zero-order valence-electron chi connectivity index (χ0n) is 13.1. The molecule has 0 bridgehead atoms. The third-order valence-electron chi connectivity index (χ3n) is 4.07. The van der Waals surface area contributed by atoms with Crippen LogP contribution in [0, 0.1) is 0 Å². The fourth-order valence-electron chi connectivity index (χ4n) is 2.87. The highest BCUT2D eigenvalue weighted by atomic mass is 16.5. The minimum absolute atomic E-state index is 0.320. The van der Waals surface area contributed by atoms with Gasteiger partial charge in [0.15, 0.2) is 0 Å². The van der Waals surface area contributed by atoms with Gasteiger partial charge in [-0.15, -0.1) is 5.10 Å². The molecule has 1 aromatic heterocycles. The van der Waals surface area contributed by atoms with E-state index in [1.807, 2.05) is 0 Å². The summed E-state index contributed by atoms with van der Waals surface area (Å²) in [4.78, 5) is 25.6. The Morgan fingerprint density at radius 2 is 2.17 bits per heavy atom. The molecule has 1 atom stereocenters. The van der Waals surface area contributed by atoms with Gasteiger partial charge in [0.2, 0.25) is 0 Å². The van der Waals surface area contributed by atoms with Gasteiger partial charge >= 0.3 is 5.97 Å². The first-order valence-electron chi connectivity index (χ1n) is 7.57. The van der Waals surface area contributed by atoms with Crippen molar-refractivity contribution in [3.05, 3.63) is 30.1 Å². The fourth-order valence-corrected chi connectivity index (χ4v) is 2.87. The van der Waals surface area contributed by atoms with E-state index < -0.39 is 12.0 Å². The second-order valence-corrected chi connectivity index (χ2v) is 5.49. The molecule has 1 saturated heterocycles. The van der Waals surface area contributed by atoms with Crippen LogP contribution in [0.3, 0.4) is 0 Å². The van der Waals surface area contributed by atoms with E-state index in [2.05, 4.69) is 15.5 Å². The molecule has 1 N–H and O–H groups in total. The summed E-state index contributed by atoms with van der Waals surface area (Å²) < 4.78 is 6.66. The summed E-state index contributed by atoms with van der Waals surface area (Å²) in [5, 5.41) is 20.3. The summed E-state index contributed by atoms with van der Waals surface area (Å²) in [7, 11) is 1.51. The van der Waals surface area contributed by atoms with Gasteiger partial charge in [-0.2, -0.15) is 4.68 Å². The minimum atomic E-state index is -0.975. The first-order chi connectivity index (χ1) is 11.6. The fraction of sp³-hybridized carbons (Fsp3) is 0.400. The standard InChI is InChI=1S/C15H17N5O4/c1-24-13-6-5-10(8-12(13)20-9-16-17-18-20)14(21)19-7-3-2-4-11(19)15(22)23/h5-6,8-9,11H,2-4,7H2,1H3,(H,22,23). The molecule has 0 saturated carbocycles. The molecular formula is C15H17N5O4. The summed E-state index contributed by atoms with van der Waals surface area (Å²) in [6, 6.07) is 4.07. The van der Waals surface area contributed by atoms with Crippen LogP contribution in [0.5, 0.6) is 5.75 Å². The van der Waals surface area contributed by atoms with Crippen molar-refractivity contribution in [3.63, 3.8) is 0 Å². The Hall–Kier alpha value is -2.97. The second kappa shape index (κ2) is 6.65. The minimum Gasteiger partial charge on any atom is -0.494 e. The Bertz CT molecular complexity index is 746. The topological polar surface area (TPSA) is 110 Å². The number of amides is 1. The number of carboxylic acid groups (broad SMARTS) is 1. The van der Waals surface area contributed by atoms with Crippen molar-refractivity contribution < 1.29 is 19.4 Å². The van der Waals surface area contributed by atoms with Crippen molar-refractivity contribution in [2.24, 2.45) is 0 Å². The van der Waals surface area contributed by atoms with Crippen LogP contribution in [0.4, 0.5) is 0 Å². The summed E-state index contributed by atoms with van der Waals surface area (Å²) in [5.74, 6) is -0.788. The number of nitrogens with zero attached hydrogens (tertiary/aromatic N) is 5. The number of rotatable bonds is 4. The number of benzene rings is 1. The monoisotopic (exact) mass is 331 g/mol. The summed E-state index contributed by atoms with van der Waals surface area (Å²) in [6.45, 7) is 0.433. The summed E-state index contributed by atoms with van der Waals surface area (Å²) >= 11 is 0. The number of piperidine rings is 1. The van der Waals surface area contributed by atoms with Crippen molar-refractivity contribution in [2.75, 3.05) is 13.7 Å². The van der Waals surface area contributed by atoms with Crippen LogP contribution in [0.25, 0.3) is 5.69 Å². The molecule has 9 nitrogen and oxygen atoms in total. The smallest absolute Gasteiger partial charge is 0.326 e. The van der Waals surface area contributed by atoms with Gasteiger partial charge in [0.1, 0.15) is 23.8 Å². The predicted octanol–water partition coefficient (Wildman–Crippen LogP) is 0.750. The van der Waals surface area contributed by atoms with Gasteiger partial charge in [-0.3, -0.25) is 4.79 Å². The van der Waals surface area contributed by atoms with Crippen LogP contribution < -0.4 is 4.74 Å². The molecule has 24 heavy (non-hydrogen) atoms. The molecule has 9 heteroatoms. The Morgan fingerprint density at radius 3 is 2.83 bits per heavy atom. The molecule has 1 amide bonds. The lowest BCUT2D eigenvalue weighted by Crippen LogP contribution is -2.48. The van der Waals surface area contributed by atoms with Gasteiger partial charge in [0.05, 0.1) is 7.11 Å². The van der Waals surface area contributed by atoms with Crippen molar-refractivity contribution in [2.45, 2.75) is 25.3 Å². The summed E-state index contributed by atoms with van der Waals surface area (Å²) in [6.07, 6.45) is 3.47. The maximum absolute atomic E-state index is 12.8. The first kappa shape index (κ1) is 15.9. The number of methoxy groups -OCH3 is 1. The SMILES string of the molecule is COc1ccc(C(=O)N2CCCCC2C(=O)O)cc1-n1cnnn1. The molecule has 2 heterocycles. The zero-order chi connectivity index (χ0) is 17.1. The van der Waals surface area contributed by atoms with Crippen molar-refractivity contribution >= 4 is 11.9 Å². The molecule has 3 rings (SSSR count). The van der Waals surface area contributed by atoms with Crippen LogP contribution in [0.15, 0.2) is 24.5 Å². The van der Waals surface area contributed by atoms with E-state index in [9.17, 15) is 14.7 Å². The molecule has 0 radical (unpaired) electrons. The Kier molecular flexibility index (Phi) is 4.41. The Morgan fingerprint density at radius 1 is 1.33 bits per heavy atom. The highest BCUT2D eigenvalue weighted by Crippen LogP contribution is 2.26. The van der Waals surface area contributed by atoms with Gasteiger partial charge in [-0.25, -0.2) is 4.79 Å². The molecule has 0 spiro atoms. The van der Waals surface area contributed by atoms with Gasteiger partial charge in [0.25, 0.3) is 5.91 Å². The lowest BCUT2D eigenvalue weighted by Gasteiger charge is -2.33. The molecular weight excluding hydrogens is 314 g/mol. The number of aromatic nitrogens is 4. The largest absolute Gasteiger partial charge is 0.494 e. The third-order valence-corrected chi connectivity index (χ3v) is 4.07. The maximum atomic E-state index is 12.8. The number of carboxylic acids is 1. The zero-order valence-corrected chi connectivity index (χ0v) is 13.1. The molecule has 1 fully saturated rings.